The summed E-state index contributed by atoms with van der Waals surface area (Å²) in [4.78, 5) is 26.3. The Hall–Kier alpha value is -1.59. The van der Waals surface area contributed by atoms with Crippen molar-refractivity contribution in [1.29, 1.82) is 0 Å². The van der Waals surface area contributed by atoms with Gasteiger partial charge in [-0.05, 0) is 24.6 Å². The first kappa shape index (κ1) is 12.5. The molecule has 0 spiro atoms. The van der Waals surface area contributed by atoms with Crippen molar-refractivity contribution in [3.63, 3.8) is 0 Å². The van der Waals surface area contributed by atoms with E-state index < -0.39 is 11.8 Å². The number of benzene rings is 1. The second kappa shape index (κ2) is 5.48. The standard InChI is InChI=1S/C10H11ClN2O3/c1-6-2-3-7(4-8(6)11)10(15)13-16-5-9(12)14/h2-4H,5H2,1H3,(H2,12,14)(H,13,15). The molecule has 2 amide bonds. The van der Waals surface area contributed by atoms with E-state index in [1.165, 1.54) is 6.07 Å². The van der Waals surface area contributed by atoms with Gasteiger partial charge in [0.1, 0.15) is 0 Å². The Morgan fingerprint density at radius 1 is 1.50 bits per heavy atom. The quantitative estimate of drug-likeness (QED) is 0.766. The Kier molecular flexibility index (Phi) is 4.28. The van der Waals surface area contributed by atoms with Gasteiger partial charge in [0.2, 0.25) is 5.91 Å². The van der Waals surface area contributed by atoms with E-state index in [-0.39, 0.29) is 6.61 Å². The maximum atomic E-state index is 11.4. The normalized spacial score (nSPS) is 9.88. The summed E-state index contributed by atoms with van der Waals surface area (Å²) in [6, 6.07) is 4.83. The molecule has 0 saturated heterocycles. The van der Waals surface area contributed by atoms with Crippen molar-refractivity contribution in [2.24, 2.45) is 5.73 Å². The predicted octanol–water partition coefficient (Wildman–Crippen LogP) is 0.795. The average molecular weight is 243 g/mol. The highest BCUT2D eigenvalue weighted by molar-refractivity contribution is 6.31. The first-order chi connectivity index (χ1) is 7.50. The van der Waals surface area contributed by atoms with Gasteiger partial charge in [-0.15, -0.1) is 0 Å². The molecule has 1 aromatic carbocycles. The molecule has 6 heteroatoms. The van der Waals surface area contributed by atoms with Gasteiger partial charge in [0, 0.05) is 10.6 Å². The fraction of sp³-hybridized carbons (Fsp3) is 0.200. The van der Waals surface area contributed by atoms with Crippen LogP contribution in [0.3, 0.4) is 0 Å². The lowest BCUT2D eigenvalue weighted by molar-refractivity contribution is -0.124. The molecule has 3 N–H and O–H groups in total. The molecule has 86 valence electrons. The highest BCUT2D eigenvalue weighted by Gasteiger charge is 2.07. The van der Waals surface area contributed by atoms with Crippen LogP contribution in [-0.4, -0.2) is 18.4 Å². The molecule has 0 aliphatic heterocycles. The minimum absolute atomic E-state index is 0.347. The summed E-state index contributed by atoms with van der Waals surface area (Å²) in [5.41, 5.74) is 8.12. The number of rotatable bonds is 4. The molecule has 0 radical (unpaired) electrons. The van der Waals surface area contributed by atoms with Crippen molar-refractivity contribution in [3.8, 4) is 0 Å². The average Bonchev–Trinajstić information content (AvgIpc) is 2.21. The van der Waals surface area contributed by atoms with Gasteiger partial charge in [0.25, 0.3) is 5.91 Å². The third-order valence-electron chi connectivity index (χ3n) is 1.81. The molecular formula is C10H11ClN2O3. The van der Waals surface area contributed by atoms with Gasteiger partial charge < -0.3 is 5.73 Å². The Morgan fingerprint density at radius 3 is 2.75 bits per heavy atom. The molecule has 0 heterocycles. The van der Waals surface area contributed by atoms with E-state index in [0.29, 0.717) is 10.6 Å². The summed E-state index contributed by atoms with van der Waals surface area (Å²) >= 11 is 5.85. The lowest BCUT2D eigenvalue weighted by atomic mass is 10.1. The highest BCUT2D eigenvalue weighted by atomic mass is 35.5. The summed E-state index contributed by atoms with van der Waals surface area (Å²) in [6.45, 7) is 1.46. The Bertz CT molecular complexity index is 421. The van der Waals surface area contributed by atoms with Crippen molar-refractivity contribution >= 4 is 23.4 Å². The number of carbonyl (C=O) groups excluding carboxylic acids is 2. The minimum Gasteiger partial charge on any atom is -0.368 e. The molecule has 1 aromatic rings. The predicted molar refractivity (Wildman–Crippen MR) is 58.8 cm³/mol. The number of amides is 2. The minimum atomic E-state index is -0.665. The number of halogens is 1. The first-order valence-corrected chi connectivity index (χ1v) is 4.85. The Balaban J connectivity index is 2.59. The summed E-state index contributed by atoms with van der Waals surface area (Å²) in [5, 5.41) is 0.488. The van der Waals surface area contributed by atoms with E-state index in [4.69, 9.17) is 17.3 Å². The smallest absolute Gasteiger partial charge is 0.274 e. The van der Waals surface area contributed by atoms with Gasteiger partial charge in [-0.2, -0.15) is 0 Å². The summed E-state index contributed by atoms with van der Waals surface area (Å²) < 4.78 is 0. The van der Waals surface area contributed by atoms with E-state index in [1.54, 1.807) is 12.1 Å². The van der Waals surface area contributed by atoms with Crippen molar-refractivity contribution in [2.45, 2.75) is 6.92 Å². The monoisotopic (exact) mass is 242 g/mol. The molecular weight excluding hydrogens is 232 g/mol. The lowest BCUT2D eigenvalue weighted by Crippen LogP contribution is -2.29. The van der Waals surface area contributed by atoms with Crippen LogP contribution in [-0.2, 0) is 9.63 Å². The van der Waals surface area contributed by atoms with Crippen LogP contribution in [0.1, 0.15) is 15.9 Å². The molecule has 1 rings (SSSR count). The molecule has 0 atom stereocenters. The fourth-order valence-electron chi connectivity index (χ4n) is 0.966. The van der Waals surface area contributed by atoms with Crippen LogP contribution in [0, 0.1) is 6.92 Å². The lowest BCUT2D eigenvalue weighted by Gasteiger charge is -2.05. The number of carbonyl (C=O) groups is 2. The molecule has 0 fully saturated rings. The number of primary amides is 1. The molecule has 16 heavy (non-hydrogen) atoms. The van der Waals surface area contributed by atoms with Gasteiger partial charge in [-0.25, -0.2) is 5.48 Å². The van der Waals surface area contributed by atoms with Crippen LogP contribution in [0.4, 0.5) is 0 Å². The second-order valence-corrected chi connectivity index (χ2v) is 3.56. The number of nitrogens with two attached hydrogens (primary N) is 1. The van der Waals surface area contributed by atoms with Gasteiger partial charge >= 0.3 is 0 Å². The van der Waals surface area contributed by atoms with Crippen LogP contribution in [0.15, 0.2) is 18.2 Å². The third-order valence-corrected chi connectivity index (χ3v) is 2.22. The van der Waals surface area contributed by atoms with Crippen molar-refractivity contribution in [2.75, 3.05) is 6.61 Å². The van der Waals surface area contributed by atoms with Crippen LogP contribution in [0.25, 0.3) is 0 Å². The van der Waals surface area contributed by atoms with Crippen LogP contribution >= 0.6 is 11.6 Å². The zero-order chi connectivity index (χ0) is 12.1. The third kappa shape index (κ3) is 3.52. The van der Waals surface area contributed by atoms with Crippen LogP contribution in [0.2, 0.25) is 5.02 Å². The van der Waals surface area contributed by atoms with Crippen LogP contribution in [0.5, 0.6) is 0 Å². The zero-order valence-electron chi connectivity index (χ0n) is 8.62. The summed E-state index contributed by atoms with van der Waals surface area (Å²) in [6.07, 6.45) is 0. The van der Waals surface area contributed by atoms with Gasteiger partial charge in [-0.1, -0.05) is 17.7 Å². The van der Waals surface area contributed by atoms with Crippen molar-refractivity contribution in [3.05, 3.63) is 34.3 Å². The van der Waals surface area contributed by atoms with Crippen molar-refractivity contribution in [1.82, 2.24) is 5.48 Å². The van der Waals surface area contributed by atoms with Crippen LogP contribution < -0.4 is 11.2 Å². The maximum absolute atomic E-state index is 11.4. The largest absolute Gasteiger partial charge is 0.368 e. The molecule has 0 bridgehead atoms. The summed E-state index contributed by atoms with van der Waals surface area (Å²) in [7, 11) is 0. The molecule has 5 nitrogen and oxygen atoms in total. The molecule has 0 aromatic heterocycles. The van der Waals surface area contributed by atoms with E-state index in [1.807, 2.05) is 6.92 Å². The highest BCUT2D eigenvalue weighted by Crippen LogP contribution is 2.16. The van der Waals surface area contributed by atoms with E-state index in [2.05, 4.69) is 10.3 Å². The molecule has 0 saturated carbocycles. The van der Waals surface area contributed by atoms with Gasteiger partial charge in [-0.3, -0.25) is 14.4 Å². The van der Waals surface area contributed by atoms with Crippen molar-refractivity contribution < 1.29 is 14.4 Å². The number of nitrogens with one attached hydrogen (secondary N) is 1. The maximum Gasteiger partial charge on any atom is 0.274 e. The second-order valence-electron chi connectivity index (χ2n) is 3.15. The topological polar surface area (TPSA) is 81.4 Å². The van der Waals surface area contributed by atoms with E-state index in [0.717, 1.165) is 5.56 Å². The van der Waals surface area contributed by atoms with E-state index >= 15 is 0 Å². The number of hydrogen-bond acceptors (Lipinski definition) is 3. The molecule has 0 aliphatic rings. The molecule has 0 aliphatic carbocycles. The number of aryl methyl sites for hydroxylation is 1. The van der Waals surface area contributed by atoms with Gasteiger partial charge in [0.05, 0.1) is 0 Å². The Morgan fingerprint density at radius 2 is 2.19 bits per heavy atom. The number of hydrogen-bond donors (Lipinski definition) is 2. The first-order valence-electron chi connectivity index (χ1n) is 4.47. The Labute approximate surface area is 97.5 Å². The zero-order valence-corrected chi connectivity index (χ0v) is 9.38. The van der Waals surface area contributed by atoms with Gasteiger partial charge in [0.15, 0.2) is 6.61 Å². The summed E-state index contributed by atoms with van der Waals surface area (Å²) in [5.74, 6) is -1.15. The molecule has 0 unspecified atom stereocenters. The SMILES string of the molecule is Cc1ccc(C(=O)NOCC(N)=O)cc1Cl. The number of hydroxylamine groups is 1. The fourth-order valence-corrected chi connectivity index (χ4v) is 1.15. The van der Waals surface area contributed by atoms with E-state index in [9.17, 15) is 9.59 Å².